The molecule has 1 atom stereocenters. The van der Waals surface area contributed by atoms with Crippen molar-refractivity contribution in [2.24, 2.45) is 11.1 Å². The molecule has 0 spiro atoms. The SMILES string of the molecule is COCCOCCCN1CCC(=NO)C(C)C1. The van der Waals surface area contributed by atoms with Crippen molar-refractivity contribution >= 4 is 5.71 Å². The molecule has 1 unspecified atom stereocenters. The van der Waals surface area contributed by atoms with Crippen LogP contribution in [0.4, 0.5) is 0 Å². The second-order valence-corrected chi connectivity index (χ2v) is 4.50. The first kappa shape index (κ1) is 14.4. The van der Waals surface area contributed by atoms with Gasteiger partial charge in [0, 0.05) is 45.7 Å². The molecule has 1 heterocycles. The first-order valence-corrected chi connectivity index (χ1v) is 6.27. The van der Waals surface area contributed by atoms with Crippen LogP contribution in [-0.4, -0.2) is 62.4 Å². The minimum Gasteiger partial charge on any atom is -0.411 e. The normalized spacial score (nSPS) is 24.4. The fourth-order valence-corrected chi connectivity index (χ4v) is 2.09. The molecule has 0 aromatic heterocycles. The molecule has 0 radical (unpaired) electrons. The molecule has 0 aromatic rings. The fraction of sp³-hybridized carbons (Fsp3) is 0.917. The molecule has 5 heteroatoms. The minimum atomic E-state index is 0.364. The number of likely N-dealkylation sites (tertiary alicyclic amines) is 1. The number of piperidine rings is 1. The van der Waals surface area contributed by atoms with Gasteiger partial charge in [0.2, 0.25) is 0 Å². The van der Waals surface area contributed by atoms with Crippen molar-refractivity contribution < 1.29 is 14.7 Å². The molecule has 0 bridgehead atoms. The number of hydrogen-bond acceptors (Lipinski definition) is 5. The Hall–Kier alpha value is -0.650. The van der Waals surface area contributed by atoms with Gasteiger partial charge >= 0.3 is 0 Å². The lowest BCUT2D eigenvalue weighted by Crippen LogP contribution is -2.40. The molecule has 1 fully saturated rings. The first-order chi connectivity index (χ1) is 8.27. The molecule has 1 aliphatic heterocycles. The summed E-state index contributed by atoms with van der Waals surface area (Å²) in [7, 11) is 1.68. The largest absolute Gasteiger partial charge is 0.411 e. The van der Waals surface area contributed by atoms with Gasteiger partial charge in [-0.05, 0) is 6.42 Å². The van der Waals surface area contributed by atoms with Gasteiger partial charge in [-0.3, -0.25) is 0 Å². The van der Waals surface area contributed by atoms with Crippen LogP contribution in [0.25, 0.3) is 0 Å². The highest BCUT2D eigenvalue weighted by atomic mass is 16.5. The third-order valence-electron chi connectivity index (χ3n) is 3.11. The van der Waals surface area contributed by atoms with E-state index in [4.69, 9.17) is 14.7 Å². The number of oxime groups is 1. The minimum absolute atomic E-state index is 0.364. The van der Waals surface area contributed by atoms with Gasteiger partial charge in [0.1, 0.15) is 0 Å². The van der Waals surface area contributed by atoms with Crippen LogP contribution in [-0.2, 0) is 9.47 Å². The zero-order valence-electron chi connectivity index (χ0n) is 10.9. The Bertz CT molecular complexity index is 234. The molecule has 1 N–H and O–H groups in total. The van der Waals surface area contributed by atoms with E-state index in [2.05, 4.69) is 17.0 Å². The third-order valence-corrected chi connectivity index (χ3v) is 3.11. The van der Waals surface area contributed by atoms with E-state index in [0.717, 1.165) is 44.8 Å². The van der Waals surface area contributed by atoms with Crippen LogP contribution < -0.4 is 0 Å². The maximum atomic E-state index is 8.78. The van der Waals surface area contributed by atoms with Crippen molar-refractivity contribution in [1.82, 2.24) is 4.90 Å². The lowest BCUT2D eigenvalue weighted by Gasteiger charge is -2.31. The Kier molecular flexibility index (Phi) is 7.16. The Morgan fingerprint density at radius 3 is 2.88 bits per heavy atom. The van der Waals surface area contributed by atoms with Crippen molar-refractivity contribution in [2.75, 3.05) is 46.6 Å². The highest BCUT2D eigenvalue weighted by molar-refractivity contribution is 5.86. The summed E-state index contributed by atoms with van der Waals surface area (Å²) < 4.78 is 10.3. The van der Waals surface area contributed by atoms with E-state index in [1.165, 1.54) is 0 Å². The zero-order chi connectivity index (χ0) is 12.5. The van der Waals surface area contributed by atoms with E-state index in [0.29, 0.717) is 19.1 Å². The number of methoxy groups -OCH3 is 1. The van der Waals surface area contributed by atoms with Crippen molar-refractivity contribution in [1.29, 1.82) is 0 Å². The van der Waals surface area contributed by atoms with Gasteiger partial charge in [0.15, 0.2) is 0 Å². The van der Waals surface area contributed by atoms with Gasteiger partial charge in [0.25, 0.3) is 0 Å². The number of rotatable bonds is 7. The van der Waals surface area contributed by atoms with Crippen LogP contribution in [0.15, 0.2) is 5.16 Å². The summed E-state index contributed by atoms with van der Waals surface area (Å²) in [5, 5.41) is 12.1. The van der Waals surface area contributed by atoms with Crippen LogP contribution in [0, 0.1) is 5.92 Å². The number of ether oxygens (including phenoxy) is 2. The molecular formula is C12H24N2O3. The number of nitrogens with zero attached hydrogens (tertiary/aromatic N) is 2. The molecule has 17 heavy (non-hydrogen) atoms. The second kappa shape index (κ2) is 8.44. The summed E-state index contributed by atoms with van der Waals surface area (Å²) in [5.41, 5.74) is 0.928. The monoisotopic (exact) mass is 244 g/mol. The molecule has 100 valence electrons. The van der Waals surface area contributed by atoms with E-state index in [1.54, 1.807) is 7.11 Å². The van der Waals surface area contributed by atoms with Gasteiger partial charge in [-0.2, -0.15) is 0 Å². The third kappa shape index (κ3) is 5.48. The molecule has 0 aliphatic carbocycles. The molecule has 1 rings (SSSR count). The van der Waals surface area contributed by atoms with Crippen molar-refractivity contribution in [3.63, 3.8) is 0 Å². The van der Waals surface area contributed by atoms with Gasteiger partial charge in [-0.15, -0.1) is 0 Å². The van der Waals surface area contributed by atoms with Crippen LogP contribution in [0.1, 0.15) is 19.8 Å². The van der Waals surface area contributed by atoms with E-state index in [1.807, 2.05) is 0 Å². The average molecular weight is 244 g/mol. The molecule has 0 saturated carbocycles. The van der Waals surface area contributed by atoms with Crippen LogP contribution in [0.2, 0.25) is 0 Å². The van der Waals surface area contributed by atoms with E-state index >= 15 is 0 Å². The summed E-state index contributed by atoms with van der Waals surface area (Å²) in [6.45, 7) is 7.26. The Balaban J connectivity index is 2.05. The summed E-state index contributed by atoms with van der Waals surface area (Å²) in [6.07, 6.45) is 1.92. The summed E-state index contributed by atoms with van der Waals surface area (Å²) in [4.78, 5) is 2.40. The maximum Gasteiger partial charge on any atom is 0.0700 e. The highest BCUT2D eigenvalue weighted by Gasteiger charge is 2.21. The second-order valence-electron chi connectivity index (χ2n) is 4.50. The molecule has 0 aromatic carbocycles. The van der Waals surface area contributed by atoms with Crippen molar-refractivity contribution in [3.05, 3.63) is 0 Å². The molecule has 5 nitrogen and oxygen atoms in total. The van der Waals surface area contributed by atoms with Crippen molar-refractivity contribution in [3.8, 4) is 0 Å². The molecule has 1 saturated heterocycles. The highest BCUT2D eigenvalue weighted by Crippen LogP contribution is 2.13. The Morgan fingerprint density at radius 1 is 1.41 bits per heavy atom. The topological polar surface area (TPSA) is 54.3 Å². The predicted octanol–water partition coefficient (Wildman–Crippen LogP) is 1.21. The van der Waals surface area contributed by atoms with Gasteiger partial charge in [-0.25, -0.2) is 0 Å². The Morgan fingerprint density at radius 2 is 2.24 bits per heavy atom. The summed E-state index contributed by atoms with van der Waals surface area (Å²) >= 11 is 0. The van der Waals surface area contributed by atoms with Gasteiger partial charge < -0.3 is 19.6 Å². The van der Waals surface area contributed by atoms with Crippen LogP contribution >= 0.6 is 0 Å². The quantitative estimate of drug-likeness (QED) is 0.415. The predicted molar refractivity (Wildman–Crippen MR) is 66.8 cm³/mol. The smallest absolute Gasteiger partial charge is 0.0700 e. The Labute approximate surface area is 103 Å². The van der Waals surface area contributed by atoms with E-state index in [-0.39, 0.29) is 0 Å². The molecule has 1 aliphatic rings. The average Bonchev–Trinajstić information content (AvgIpc) is 2.34. The standard InChI is InChI=1S/C12H24N2O3/c1-11-10-14(6-4-12(11)13-15)5-3-7-17-9-8-16-2/h11,15H,3-10H2,1-2H3. The van der Waals surface area contributed by atoms with Crippen LogP contribution in [0.3, 0.4) is 0 Å². The zero-order valence-corrected chi connectivity index (χ0v) is 10.9. The lowest BCUT2D eigenvalue weighted by molar-refractivity contribution is 0.0645. The fourth-order valence-electron chi connectivity index (χ4n) is 2.09. The van der Waals surface area contributed by atoms with Crippen molar-refractivity contribution in [2.45, 2.75) is 19.8 Å². The van der Waals surface area contributed by atoms with E-state index in [9.17, 15) is 0 Å². The van der Waals surface area contributed by atoms with E-state index < -0.39 is 0 Å². The van der Waals surface area contributed by atoms with Gasteiger partial charge in [-0.1, -0.05) is 12.1 Å². The maximum absolute atomic E-state index is 8.78. The summed E-state index contributed by atoms with van der Waals surface area (Å²) in [6, 6.07) is 0. The molecule has 0 amide bonds. The first-order valence-electron chi connectivity index (χ1n) is 6.27. The van der Waals surface area contributed by atoms with Crippen LogP contribution in [0.5, 0.6) is 0 Å². The van der Waals surface area contributed by atoms with Gasteiger partial charge in [0.05, 0.1) is 18.9 Å². The lowest BCUT2D eigenvalue weighted by atomic mass is 9.97. The molecular weight excluding hydrogens is 220 g/mol. The summed E-state index contributed by atoms with van der Waals surface area (Å²) in [5.74, 6) is 0.364. The number of hydrogen-bond donors (Lipinski definition) is 1.